The molecular formula is C23H26N4O3S2. The van der Waals surface area contributed by atoms with E-state index in [1.54, 1.807) is 12.1 Å². The van der Waals surface area contributed by atoms with E-state index < -0.39 is 10.0 Å². The number of nitrogens with one attached hydrogen (secondary N) is 1. The van der Waals surface area contributed by atoms with E-state index in [2.05, 4.69) is 15.5 Å². The predicted molar refractivity (Wildman–Crippen MR) is 126 cm³/mol. The van der Waals surface area contributed by atoms with Crippen LogP contribution in [0, 0.1) is 20.8 Å². The Kier molecular flexibility index (Phi) is 6.41. The summed E-state index contributed by atoms with van der Waals surface area (Å²) in [4.78, 5) is 13.0. The average molecular weight is 471 g/mol. The van der Waals surface area contributed by atoms with Gasteiger partial charge in [-0.1, -0.05) is 35.6 Å². The van der Waals surface area contributed by atoms with Crippen LogP contribution in [0.5, 0.6) is 0 Å². The van der Waals surface area contributed by atoms with Gasteiger partial charge in [0.25, 0.3) is 5.91 Å². The third kappa shape index (κ3) is 4.74. The van der Waals surface area contributed by atoms with Gasteiger partial charge in [0.15, 0.2) is 0 Å². The van der Waals surface area contributed by atoms with Gasteiger partial charge in [0.1, 0.15) is 5.01 Å². The number of hydrogen-bond acceptors (Lipinski definition) is 6. The van der Waals surface area contributed by atoms with Crippen molar-refractivity contribution in [3.05, 3.63) is 69.2 Å². The van der Waals surface area contributed by atoms with Gasteiger partial charge in [-0.25, -0.2) is 8.42 Å². The lowest BCUT2D eigenvalue weighted by Gasteiger charge is -2.30. The quantitative estimate of drug-likeness (QED) is 0.601. The van der Waals surface area contributed by atoms with Gasteiger partial charge < -0.3 is 5.32 Å². The van der Waals surface area contributed by atoms with Gasteiger partial charge >= 0.3 is 0 Å². The maximum absolute atomic E-state index is 13.2. The smallest absolute Gasteiger partial charge is 0.286 e. The fourth-order valence-electron chi connectivity index (χ4n) is 3.97. The zero-order valence-electron chi connectivity index (χ0n) is 18.3. The summed E-state index contributed by atoms with van der Waals surface area (Å²) < 4.78 is 28.0. The van der Waals surface area contributed by atoms with Crippen LogP contribution >= 0.6 is 11.3 Å². The van der Waals surface area contributed by atoms with E-state index in [-0.39, 0.29) is 16.8 Å². The van der Waals surface area contributed by atoms with Gasteiger partial charge in [-0.3, -0.25) is 4.79 Å². The normalized spacial score (nSPS) is 17.3. The number of carbonyl (C=O) groups is 1. The summed E-state index contributed by atoms with van der Waals surface area (Å²) in [5, 5.41) is 12.1. The molecule has 1 aromatic heterocycles. The Labute approximate surface area is 192 Å². The van der Waals surface area contributed by atoms with E-state index >= 15 is 0 Å². The molecule has 2 heterocycles. The minimum absolute atomic E-state index is 0.0815. The molecule has 1 fully saturated rings. The van der Waals surface area contributed by atoms with E-state index in [9.17, 15) is 13.2 Å². The second-order valence-electron chi connectivity index (χ2n) is 8.24. The molecule has 0 saturated carbocycles. The standard InChI is InChI=1S/C23H26N4O3S2/c1-15-11-16(2)13-19(12-15)32(29,30)27-10-6-8-18(14-27)22-25-26-23(31-22)21(28)24-20-9-5-4-7-17(20)3/h4-5,7,9,11-13,18H,6,8,10,14H2,1-3H3,(H,24,28). The number of carbonyl (C=O) groups excluding carboxylic acids is 1. The van der Waals surface area contributed by atoms with Crippen LogP contribution < -0.4 is 5.32 Å². The average Bonchev–Trinajstić information content (AvgIpc) is 3.25. The van der Waals surface area contributed by atoms with Gasteiger partial charge in [-0.15, -0.1) is 10.2 Å². The number of sulfonamides is 1. The number of aryl methyl sites for hydroxylation is 3. The predicted octanol–water partition coefficient (Wildman–Crippen LogP) is 4.28. The summed E-state index contributed by atoms with van der Waals surface area (Å²) in [6, 6.07) is 12.9. The van der Waals surface area contributed by atoms with Crippen molar-refractivity contribution >= 4 is 33.0 Å². The Bertz CT molecular complexity index is 1230. The van der Waals surface area contributed by atoms with Crippen molar-refractivity contribution in [2.24, 2.45) is 0 Å². The highest BCUT2D eigenvalue weighted by Crippen LogP contribution is 2.32. The molecule has 3 aromatic rings. The summed E-state index contributed by atoms with van der Waals surface area (Å²) in [7, 11) is -3.59. The molecule has 32 heavy (non-hydrogen) atoms. The summed E-state index contributed by atoms with van der Waals surface area (Å²) in [5.41, 5.74) is 3.54. The zero-order chi connectivity index (χ0) is 22.9. The van der Waals surface area contributed by atoms with Crippen LogP contribution in [0.4, 0.5) is 5.69 Å². The summed E-state index contributed by atoms with van der Waals surface area (Å²) >= 11 is 1.23. The third-order valence-electron chi connectivity index (χ3n) is 5.59. The molecular weight excluding hydrogens is 444 g/mol. The first kappa shape index (κ1) is 22.6. The van der Waals surface area contributed by atoms with Crippen LogP contribution in [0.25, 0.3) is 0 Å². The number of amides is 1. The summed E-state index contributed by atoms with van der Waals surface area (Å²) in [6.45, 7) is 6.54. The van der Waals surface area contributed by atoms with E-state index in [0.717, 1.165) is 35.2 Å². The number of hydrogen-bond donors (Lipinski definition) is 1. The van der Waals surface area contributed by atoms with Crippen molar-refractivity contribution in [2.45, 2.75) is 44.4 Å². The van der Waals surface area contributed by atoms with Crippen molar-refractivity contribution in [3.8, 4) is 0 Å². The van der Waals surface area contributed by atoms with E-state index in [1.165, 1.54) is 15.6 Å². The summed E-state index contributed by atoms with van der Waals surface area (Å²) in [5.74, 6) is -0.388. The lowest BCUT2D eigenvalue weighted by atomic mass is 10.0. The van der Waals surface area contributed by atoms with Gasteiger partial charge in [-0.2, -0.15) is 4.31 Å². The topological polar surface area (TPSA) is 92.3 Å². The summed E-state index contributed by atoms with van der Waals surface area (Å²) in [6.07, 6.45) is 1.55. The molecule has 0 spiro atoms. The number of para-hydroxylation sites is 1. The molecule has 0 radical (unpaired) electrons. The molecule has 1 saturated heterocycles. The molecule has 1 unspecified atom stereocenters. The van der Waals surface area contributed by atoms with Crippen molar-refractivity contribution in [1.82, 2.24) is 14.5 Å². The largest absolute Gasteiger partial charge is 0.320 e. The van der Waals surface area contributed by atoms with Crippen LogP contribution in [0.3, 0.4) is 0 Å². The van der Waals surface area contributed by atoms with E-state index in [4.69, 9.17) is 0 Å². The fourth-order valence-corrected chi connectivity index (χ4v) is 6.55. The molecule has 1 aliphatic rings. The lowest BCUT2D eigenvalue weighted by molar-refractivity contribution is 0.102. The second kappa shape index (κ2) is 9.09. The van der Waals surface area contributed by atoms with Gasteiger partial charge in [0, 0.05) is 24.7 Å². The van der Waals surface area contributed by atoms with Gasteiger partial charge in [0.05, 0.1) is 4.90 Å². The molecule has 1 atom stereocenters. The SMILES string of the molecule is Cc1cc(C)cc(S(=O)(=O)N2CCCC(c3nnc(C(=O)Nc4ccccc4C)s3)C2)c1. The Balaban J connectivity index is 1.50. The molecule has 0 aliphatic carbocycles. The highest BCUT2D eigenvalue weighted by atomic mass is 32.2. The zero-order valence-corrected chi connectivity index (χ0v) is 20.0. The Morgan fingerprint density at radius 3 is 2.53 bits per heavy atom. The highest BCUT2D eigenvalue weighted by Gasteiger charge is 2.33. The molecule has 1 N–H and O–H groups in total. The molecule has 1 amide bonds. The van der Waals surface area contributed by atoms with Gasteiger partial charge in [0.2, 0.25) is 15.0 Å². The highest BCUT2D eigenvalue weighted by molar-refractivity contribution is 7.89. The molecule has 4 rings (SSSR count). The molecule has 168 valence electrons. The fraction of sp³-hybridized carbons (Fsp3) is 0.348. The van der Waals surface area contributed by atoms with Gasteiger partial charge in [-0.05, 0) is 68.5 Å². The van der Waals surface area contributed by atoms with E-state index in [0.29, 0.717) is 23.0 Å². The monoisotopic (exact) mass is 470 g/mol. The minimum atomic E-state index is -3.59. The molecule has 9 heteroatoms. The maximum atomic E-state index is 13.2. The first-order chi connectivity index (χ1) is 15.2. The number of benzene rings is 2. The Morgan fingerprint density at radius 2 is 1.81 bits per heavy atom. The van der Waals surface area contributed by atoms with Crippen LogP contribution in [0.2, 0.25) is 0 Å². The number of rotatable bonds is 5. The minimum Gasteiger partial charge on any atom is -0.320 e. The molecule has 7 nitrogen and oxygen atoms in total. The van der Waals surface area contributed by atoms with Crippen molar-refractivity contribution in [3.63, 3.8) is 0 Å². The first-order valence-corrected chi connectivity index (χ1v) is 12.8. The number of aromatic nitrogens is 2. The van der Waals surface area contributed by atoms with Crippen LogP contribution in [-0.2, 0) is 10.0 Å². The maximum Gasteiger partial charge on any atom is 0.286 e. The molecule has 1 aliphatic heterocycles. The Hall–Kier alpha value is -2.62. The first-order valence-electron chi connectivity index (χ1n) is 10.5. The lowest BCUT2D eigenvalue weighted by Crippen LogP contribution is -2.39. The van der Waals surface area contributed by atoms with Crippen molar-refractivity contribution in [1.29, 1.82) is 0 Å². The second-order valence-corrected chi connectivity index (χ2v) is 11.2. The molecule has 0 bridgehead atoms. The van der Waals surface area contributed by atoms with Crippen LogP contribution in [-0.4, -0.2) is 41.9 Å². The Morgan fingerprint density at radius 1 is 1.09 bits per heavy atom. The van der Waals surface area contributed by atoms with Crippen molar-refractivity contribution in [2.75, 3.05) is 18.4 Å². The van der Waals surface area contributed by atoms with E-state index in [1.807, 2.05) is 51.1 Å². The number of anilines is 1. The van der Waals surface area contributed by atoms with Crippen molar-refractivity contribution < 1.29 is 13.2 Å². The number of piperidine rings is 1. The van der Waals surface area contributed by atoms with Crippen LogP contribution in [0.15, 0.2) is 47.4 Å². The molecule has 2 aromatic carbocycles. The third-order valence-corrected chi connectivity index (χ3v) is 8.52. The number of nitrogens with zero attached hydrogens (tertiary/aromatic N) is 3. The van der Waals surface area contributed by atoms with Crippen LogP contribution in [0.1, 0.15) is 50.3 Å².